The Labute approximate surface area is 191 Å². The highest BCUT2D eigenvalue weighted by molar-refractivity contribution is 7.98. The van der Waals surface area contributed by atoms with Crippen LogP contribution in [0.25, 0.3) is 0 Å². The van der Waals surface area contributed by atoms with Crippen molar-refractivity contribution in [2.45, 2.75) is 38.8 Å². The summed E-state index contributed by atoms with van der Waals surface area (Å²) in [4.78, 5) is 15.6. The van der Waals surface area contributed by atoms with Gasteiger partial charge in [0.2, 0.25) is 0 Å². The van der Waals surface area contributed by atoms with Gasteiger partial charge in [0.05, 0.1) is 6.54 Å². The molecule has 1 fully saturated rings. The summed E-state index contributed by atoms with van der Waals surface area (Å²) in [5.41, 5.74) is 3.70. The monoisotopic (exact) mass is 440 g/mol. The third-order valence-corrected chi connectivity index (χ3v) is 6.43. The van der Waals surface area contributed by atoms with Crippen LogP contribution in [0.4, 0.5) is 5.82 Å². The smallest absolute Gasteiger partial charge is 0.191 e. The van der Waals surface area contributed by atoms with Crippen LogP contribution in [0.3, 0.4) is 0 Å². The fourth-order valence-corrected chi connectivity index (χ4v) is 4.39. The standard InChI is InChI=1S/C24H36N6S/c1-5-25-24(28-18-21-9-7-19(3)15-22(21)31-4)27-17-20-8-10-23(26-16-20)30-13-11-29(6-2)12-14-30/h7-10,15-16H,5-6,11-14,17-18H2,1-4H3,(H2,25,27,28). The Morgan fingerprint density at radius 1 is 1.10 bits per heavy atom. The van der Waals surface area contributed by atoms with Gasteiger partial charge in [-0.15, -0.1) is 11.8 Å². The third kappa shape index (κ3) is 6.87. The molecule has 0 amide bonds. The van der Waals surface area contributed by atoms with Crippen molar-refractivity contribution in [3.05, 3.63) is 53.2 Å². The van der Waals surface area contributed by atoms with Gasteiger partial charge in [0.25, 0.3) is 0 Å². The number of nitrogens with zero attached hydrogens (tertiary/aromatic N) is 4. The molecule has 1 aromatic carbocycles. The minimum atomic E-state index is 0.607. The van der Waals surface area contributed by atoms with Crippen molar-refractivity contribution >= 4 is 23.5 Å². The average molecular weight is 441 g/mol. The second kappa shape index (κ2) is 12.0. The van der Waals surface area contributed by atoms with E-state index in [1.807, 2.05) is 6.20 Å². The van der Waals surface area contributed by atoms with Crippen molar-refractivity contribution in [2.75, 3.05) is 50.4 Å². The Hall–Kier alpha value is -2.25. The van der Waals surface area contributed by atoms with Gasteiger partial charge in [0, 0.05) is 50.4 Å². The van der Waals surface area contributed by atoms with E-state index in [1.54, 1.807) is 11.8 Å². The van der Waals surface area contributed by atoms with Crippen LogP contribution in [0.5, 0.6) is 0 Å². The molecule has 2 heterocycles. The van der Waals surface area contributed by atoms with Gasteiger partial charge in [-0.3, -0.25) is 0 Å². The third-order valence-electron chi connectivity index (χ3n) is 5.61. The molecular formula is C24H36N6S. The molecular weight excluding hydrogens is 404 g/mol. The molecule has 1 aromatic heterocycles. The first-order valence-corrected chi connectivity index (χ1v) is 12.4. The van der Waals surface area contributed by atoms with Crippen molar-refractivity contribution in [1.29, 1.82) is 0 Å². The highest BCUT2D eigenvalue weighted by Gasteiger charge is 2.16. The Morgan fingerprint density at radius 2 is 1.90 bits per heavy atom. The second-order valence-electron chi connectivity index (χ2n) is 7.81. The summed E-state index contributed by atoms with van der Waals surface area (Å²) in [5.74, 6) is 1.90. The first kappa shape index (κ1) is 23.4. The zero-order valence-corrected chi connectivity index (χ0v) is 20.1. The molecule has 7 heteroatoms. The van der Waals surface area contributed by atoms with Gasteiger partial charge >= 0.3 is 0 Å². The Balaban J connectivity index is 1.57. The van der Waals surface area contributed by atoms with E-state index in [-0.39, 0.29) is 0 Å². The van der Waals surface area contributed by atoms with Crippen LogP contribution in [0.2, 0.25) is 0 Å². The Bertz CT molecular complexity index is 844. The summed E-state index contributed by atoms with van der Waals surface area (Å²) in [6.07, 6.45) is 4.08. The number of aromatic nitrogens is 1. The number of likely N-dealkylation sites (N-methyl/N-ethyl adjacent to an activating group) is 1. The number of guanidine groups is 1. The second-order valence-corrected chi connectivity index (χ2v) is 8.66. The molecule has 0 aliphatic carbocycles. The minimum absolute atomic E-state index is 0.607. The molecule has 0 radical (unpaired) electrons. The van der Waals surface area contributed by atoms with Gasteiger partial charge in [-0.1, -0.05) is 25.1 Å². The molecule has 0 bridgehead atoms. The highest BCUT2D eigenvalue weighted by atomic mass is 32.2. The summed E-state index contributed by atoms with van der Waals surface area (Å²) < 4.78 is 0. The minimum Gasteiger partial charge on any atom is -0.357 e. The first-order chi connectivity index (χ1) is 15.1. The zero-order valence-electron chi connectivity index (χ0n) is 19.3. The van der Waals surface area contributed by atoms with Crippen LogP contribution in [-0.2, 0) is 13.1 Å². The maximum absolute atomic E-state index is 4.76. The molecule has 0 saturated carbocycles. The van der Waals surface area contributed by atoms with Crippen LogP contribution in [-0.4, -0.2) is 61.4 Å². The quantitative estimate of drug-likeness (QED) is 0.372. The van der Waals surface area contributed by atoms with Crippen molar-refractivity contribution in [1.82, 2.24) is 20.5 Å². The number of anilines is 1. The zero-order chi connectivity index (χ0) is 22.1. The summed E-state index contributed by atoms with van der Waals surface area (Å²) in [5, 5.41) is 6.81. The fraction of sp³-hybridized carbons (Fsp3) is 0.500. The van der Waals surface area contributed by atoms with E-state index < -0.39 is 0 Å². The molecule has 2 aromatic rings. The molecule has 3 rings (SSSR count). The Morgan fingerprint density at radius 3 is 2.55 bits per heavy atom. The number of hydrogen-bond donors (Lipinski definition) is 2. The molecule has 2 N–H and O–H groups in total. The number of pyridine rings is 1. The number of nitrogens with one attached hydrogen (secondary N) is 2. The topological polar surface area (TPSA) is 55.8 Å². The number of thioether (sulfide) groups is 1. The van der Waals surface area contributed by atoms with E-state index in [9.17, 15) is 0 Å². The first-order valence-electron chi connectivity index (χ1n) is 11.2. The van der Waals surface area contributed by atoms with Gasteiger partial charge in [-0.05, 0) is 55.5 Å². The molecule has 1 aliphatic heterocycles. The maximum Gasteiger partial charge on any atom is 0.191 e. The molecule has 31 heavy (non-hydrogen) atoms. The van der Waals surface area contributed by atoms with Gasteiger partial charge in [0.15, 0.2) is 5.96 Å². The van der Waals surface area contributed by atoms with E-state index in [0.717, 1.165) is 63.2 Å². The number of benzene rings is 1. The number of aryl methyl sites for hydroxylation is 1. The molecule has 1 saturated heterocycles. The maximum atomic E-state index is 4.76. The predicted octanol–water partition coefficient (Wildman–Crippen LogP) is 3.51. The predicted molar refractivity (Wildman–Crippen MR) is 133 cm³/mol. The van der Waals surface area contributed by atoms with Crippen molar-refractivity contribution in [3.63, 3.8) is 0 Å². The summed E-state index contributed by atoms with van der Waals surface area (Å²) >= 11 is 1.78. The molecule has 1 aliphatic rings. The van der Waals surface area contributed by atoms with Crippen molar-refractivity contribution in [3.8, 4) is 0 Å². The Kier molecular flexibility index (Phi) is 9.03. The van der Waals surface area contributed by atoms with Crippen molar-refractivity contribution in [2.24, 2.45) is 4.99 Å². The molecule has 0 spiro atoms. The summed E-state index contributed by atoms with van der Waals surface area (Å²) in [6.45, 7) is 14.1. The van der Waals surface area contributed by atoms with E-state index >= 15 is 0 Å². The van der Waals surface area contributed by atoms with Crippen molar-refractivity contribution < 1.29 is 0 Å². The van der Waals surface area contributed by atoms with Crippen LogP contribution in [0, 0.1) is 6.92 Å². The lowest BCUT2D eigenvalue weighted by atomic mass is 10.1. The average Bonchev–Trinajstić information content (AvgIpc) is 2.81. The fourth-order valence-electron chi connectivity index (χ4n) is 3.68. The molecule has 168 valence electrons. The van der Waals surface area contributed by atoms with Crippen LogP contribution in [0.15, 0.2) is 46.4 Å². The van der Waals surface area contributed by atoms with E-state index in [4.69, 9.17) is 9.98 Å². The number of piperazine rings is 1. The molecule has 0 atom stereocenters. The van der Waals surface area contributed by atoms with Gasteiger partial charge in [-0.2, -0.15) is 0 Å². The SMILES string of the molecule is CCNC(=NCc1ccc(N2CCN(CC)CC2)nc1)NCc1ccc(C)cc1SC. The van der Waals surface area contributed by atoms with E-state index in [1.165, 1.54) is 16.0 Å². The van der Waals surface area contributed by atoms with E-state index in [0.29, 0.717) is 6.54 Å². The van der Waals surface area contributed by atoms with Crippen LogP contribution in [0.1, 0.15) is 30.5 Å². The lowest BCUT2D eigenvalue weighted by Crippen LogP contribution is -2.46. The van der Waals surface area contributed by atoms with Gasteiger partial charge < -0.3 is 20.4 Å². The lowest BCUT2D eigenvalue weighted by molar-refractivity contribution is 0.270. The number of rotatable bonds is 8. The highest BCUT2D eigenvalue weighted by Crippen LogP contribution is 2.21. The van der Waals surface area contributed by atoms with E-state index in [2.05, 4.69) is 77.8 Å². The molecule has 0 unspecified atom stereocenters. The normalized spacial score (nSPS) is 15.2. The number of aliphatic imine (C=N–C) groups is 1. The molecule has 6 nitrogen and oxygen atoms in total. The van der Waals surface area contributed by atoms with Crippen LogP contribution >= 0.6 is 11.8 Å². The summed E-state index contributed by atoms with van der Waals surface area (Å²) in [6, 6.07) is 10.9. The van der Waals surface area contributed by atoms with Gasteiger partial charge in [0.1, 0.15) is 5.82 Å². The number of hydrogen-bond acceptors (Lipinski definition) is 5. The van der Waals surface area contributed by atoms with Gasteiger partial charge in [-0.25, -0.2) is 9.98 Å². The largest absolute Gasteiger partial charge is 0.357 e. The summed E-state index contributed by atoms with van der Waals surface area (Å²) in [7, 11) is 0. The lowest BCUT2D eigenvalue weighted by Gasteiger charge is -2.34. The van der Waals surface area contributed by atoms with Crippen LogP contribution < -0.4 is 15.5 Å².